The second-order valence-electron chi connectivity index (χ2n) is 12.9. The minimum Gasteiger partial charge on any atom is -0.394 e. The van der Waals surface area contributed by atoms with Crippen LogP contribution in [0, 0.1) is 23.7 Å². The lowest BCUT2D eigenvalue weighted by Gasteiger charge is -2.45. The van der Waals surface area contributed by atoms with E-state index < -0.39 is 28.7 Å². The van der Waals surface area contributed by atoms with Crippen LogP contribution in [0.2, 0.25) is 0 Å². The standard InChI is InChI=1S/C34H47N3O4S/c1-6-18-35(24-14-10-8-11-15-24)31(39)28-27-20-23(5)34(42-27)29(28)32(40)37(26(21-38)22(3)4)30(34)33(41)36(19-7-2)25-16-12-9-13-17-25/h6-8,10-11,14-15,22-23,25-30,38H,1-2,9,12-13,16-21H2,3-5H3/t23?,26-,27+,28-,29-,30?,34?/m0/s1. The van der Waals surface area contributed by atoms with E-state index in [-0.39, 0.29) is 47.5 Å². The van der Waals surface area contributed by atoms with Gasteiger partial charge in [-0.1, -0.05) is 70.4 Å². The molecule has 228 valence electrons. The minimum atomic E-state index is -0.733. The third-order valence-electron chi connectivity index (χ3n) is 10.3. The van der Waals surface area contributed by atoms with Gasteiger partial charge in [-0.15, -0.1) is 24.9 Å². The van der Waals surface area contributed by atoms with Gasteiger partial charge in [-0.2, -0.15) is 0 Å². The Bertz CT molecular complexity index is 1180. The number of nitrogens with zero attached hydrogens (tertiary/aromatic N) is 3. The van der Waals surface area contributed by atoms with E-state index in [1.54, 1.807) is 33.7 Å². The zero-order valence-corrected chi connectivity index (χ0v) is 26.2. The molecule has 4 fully saturated rings. The summed E-state index contributed by atoms with van der Waals surface area (Å²) in [7, 11) is 0. The fraction of sp³-hybridized carbons (Fsp3) is 0.618. The Morgan fingerprint density at radius 3 is 2.36 bits per heavy atom. The molecule has 1 saturated carbocycles. The molecule has 1 spiro atoms. The quantitative estimate of drug-likeness (QED) is 0.369. The van der Waals surface area contributed by atoms with E-state index in [1.807, 2.05) is 49.1 Å². The lowest BCUT2D eigenvalue weighted by Crippen LogP contribution is -2.61. The number of likely N-dealkylation sites (tertiary alicyclic amines) is 1. The van der Waals surface area contributed by atoms with Crippen molar-refractivity contribution in [2.75, 3.05) is 24.6 Å². The molecule has 3 unspecified atom stereocenters. The lowest BCUT2D eigenvalue weighted by atomic mass is 9.65. The SMILES string of the molecule is C=CCN(C(=O)[C@@H]1[C@H]2C(=O)N([C@@H](CO)C(C)C)C(C(=O)N(CC=C)C3CCCCC3)C23S[C@@H]1CC3C)c1ccccc1. The molecule has 1 N–H and O–H groups in total. The molecule has 5 rings (SSSR count). The first-order chi connectivity index (χ1) is 20.2. The van der Waals surface area contributed by atoms with Crippen LogP contribution in [0.3, 0.4) is 0 Å². The highest BCUT2D eigenvalue weighted by Gasteiger charge is 2.77. The zero-order valence-electron chi connectivity index (χ0n) is 25.4. The monoisotopic (exact) mass is 593 g/mol. The summed E-state index contributed by atoms with van der Waals surface area (Å²) in [5, 5.41) is 10.6. The summed E-state index contributed by atoms with van der Waals surface area (Å²) >= 11 is 1.70. The van der Waals surface area contributed by atoms with Gasteiger partial charge in [0.2, 0.25) is 17.7 Å². The Morgan fingerprint density at radius 1 is 1.10 bits per heavy atom. The highest BCUT2D eigenvalue weighted by molar-refractivity contribution is 8.02. The first-order valence-electron chi connectivity index (χ1n) is 15.7. The van der Waals surface area contributed by atoms with Gasteiger partial charge in [0.25, 0.3) is 0 Å². The number of hydrogen-bond donors (Lipinski definition) is 1. The first-order valence-corrected chi connectivity index (χ1v) is 16.6. The highest BCUT2D eigenvalue weighted by atomic mass is 32.2. The van der Waals surface area contributed by atoms with Gasteiger partial charge in [0.05, 0.1) is 29.2 Å². The van der Waals surface area contributed by atoms with Crippen molar-refractivity contribution < 1.29 is 19.5 Å². The van der Waals surface area contributed by atoms with Gasteiger partial charge in [0, 0.05) is 30.1 Å². The van der Waals surface area contributed by atoms with Crippen molar-refractivity contribution in [1.29, 1.82) is 0 Å². The number of benzene rings is 1. The number of carbonyl (C=O) groups excluding carboxylic acids is 3. The van der Waals surface area contributed by atoms with Gasteiger partial charge >= 0.3 is 0 Å². The van der Waals surface area contributed by atoms with Gasteiger partial charge in [-0.3, -0.25) is 14.4 Å². The average molecular weight is 594 g/mol. The predicted molar refractivity (Wildman–Crippen MR) is 169 cm³/mol. The summed E-state index contributed by atoms with van der Waals surface area (Å²) < 4.78 is -0.730. The lowest BCUT2D eigenvalue weighted by molar-refractivity contribution is -0.148. The topological polar surface area (TPSA) is 81.2 Å². The summed E-state index contributed by atoms with van der Waals surface area (Å²) in [4.78, 5) is 49.6. The molecule has 3 heterocycles. The zero-order chi connectivity index (χ0) is 30.2. The number of aliphatic hydroxyl groups is 1. The van der Waals surface area contributed by atoms with Gasteiger partial charge in [0.1, 0.15) is 6.04 Å². The largest absolute Gasteiger partial charge is 0.394 e. The molecule has 4 aliphatic rings. The Labute approximate surface area is 255 Å². The number of aliphatic hydroxyl groups excluding tert-OH is 1. The number of hydrogen-bond acceptors (Lipinski definition) is 5. The van der Waals surface area contributed by atoms with E-state index >= 15 is 0 Å². The number of fused-ring (bicyclic) bond motifs is 1. The molecule has 42 heavy (non-hydrogen) atoms. The molecule has 7 atom stereocenters. The van der Waals surface area contributed by atoms with Crippen molar-refractivity contribution in [2.45, 2.75) is 87.4 Å². The van der Waals surface area contributed by atoms with Crippen LogP contribution in [0.25, 0.3) is 0 Å². The Kier molecular flexibility index (Phi) is 9.24. The molecule has 0 radical (unpaired) electrons. The summed E-state index contributed by atoms with van der Waals surface area (Å²) in [6, 6.07) is 8.42. The van der Waals surface area contributed by atoms with Gasteiger partial charge in [0.15, 0.2) is 0 Å². The van der Waals surface area contributed by atoms with Crippen LogP contribution in [0.15, 0.2) is 55.6 Å². The molecule has 1 aliphatic carbocycles. The second-order valence-corrected chi connectivity index (χ2v) is 14.5. The van der Waals surface area contributed by atoms with E-state index in [4.69, 9.17) is 0 Å². The molecular formula is C34H47N3O4S. The average Bonchev–Trinajstić information content (AvgIpc) is 3.59. The maximum atomic E-state index is 14.9. The molecule has 1 aromatic rings. The Morgan fingerprint density at radius 2 is 1.76 bits per heavy atom. The molecule has 7 nitrogen and oxygen atoms in total. The molecule has 1 aromatic carbocycles. The van der Waals surface area contributed by atoms with E-state index in [0.717, 1.165) is 37.8 Å². The van der Waals surface area contributed by atoms with Crippen LogP contribution in [0.5, 0.6) is 0 Å². The second kappa shape index (κ2) is 12.6. The fourth-order valence-electron chi connectivity index (χ4n) is 8.35. The molecule has 3 saturated heterocycles. The number of anilines is 1. The van der Waals surface area contributed by atoms with Crippen molar-refractivity contribution in [1.82, 2.24) is 9.80 Å². The molecular weight excluding hydrogens is 546 g/mol. The number of rotatable bonds is 11. The van der Waals surface area contributed by atoms with Crippen LogP contribution >= 0.6 is 11.8 Å². The number of amides is 3. The van der Waals surface area contributed by atoms with E-state index in [9.17, 15) is 19.5 Å². The molecule has 2 bridgehead atoms. The van der Waals surface area contributed by atoms with Gasteiger partial charge in [-0.05, 0) is 43.2 Å². The predicted octanol–water partition coefficient (Wildman–Crippen LogP) is 4.91. The first kappa shape index (κ1) is 30.9. The number of carbonyl (C=O) groups is 3. The summed E-state index contributed by atoms with van der Waals surface area (Å²) in [5.41, 5.74) is 0.775. The van der Waals surface area contributed by atoms with E-state index in [0.29, 0.717) is 13.1 Å². The van der Waals surface area contributed by atoms with Gasteiger partial charge < -0.3 is 19.8 Å². The fourth-order valence-corrected chi connectivity index (χ4v) is 10.7. The van der Waals surface area contributed by atoms with Crippen molar-refractivity contribution in [3.8, 4) is 0 Å². The van der Waals surface area contributed by atoms with Crippen molar-refractivity contribution in [3.05, 3.63) is 55.6 Å². The minimum absolute atomic E-state index is 0.0455. The van der Waals surface area contributed by atoms with Crippen LogP contribution in [0.4, 0.5) is 5.69 Å². The highest BCUT2D eigenvalue weighted by Crippen LogP contribution is 2.69. The van der Waals surface area contributed by atoms with Crippen molar-refractivity contribution >= 4 is 35.2 Å². The molecule has 3 aliphatic heterocycles. The third-order valence-corrected chi connectivity index (χ3v) is 12.4. The van der Waals surface area contributed by atoms with E-state index in [2.05, 4.69) is 20.1 Å². The Balaban J connectivity index is 1.60. The maximum Gasteiger partial charge on any atom is 0.247 e. The van der Waals surface area contributed by atoms with Crippen LogP contribution in [-0.4, -0.2) is 80.4 Å². The van der Waals surface area contributed by atoms with E-state index in [1.165, 1.54) is 6.42 Å². The van der Waals surface area contributed by atoms with Crippen molar-refractivity contribution in [2.24, 2.45) is 23.7 Å². The van der Waals surface area contributed by atoms with Crippen molar-refractivity contribution in [3.63, 3.8) is 0 Å². The molecule has 8 heteroatoms. The number of para-hydroxylation sites is 1. The molecule has 0 aromatic heterocycles. The third kappa shape index (κ3) is 4.92. The smallest absolute Gasteiger partial charge is 0.247 e. The summed E-state index contributed by atoms with van der Waals surface area (Å²) in [5.74, 6) is -1.45. The van der Waals surface area contributed by atoms with Crippen LogP contribution < -0.4 is 4.90 Å². The summed E-state index contributed by atoms with van der Waals surface area (Å²) in [6.45, 7) is 14.5. The maximum absolute atomic E-state index is 14.9. The molecule has 3 amide bonds. The van der Waals surface area contributed by atoms with Crippen LogP contribution in [0.1, 0.15) is 59.3 Å². The van der Waals surface area contributed by atoms with Crippen LogP contribution in [-0.2, 0) is 14.4 Å². The Hall–Kier alpha value is -2.58. The summed E-state index contributed by atoms with van der Waals surface area (Å²) in [6.07, 6.45) is 9.52. The van der Waals surface area contributed by atoms with Gasteiger partial charge in [-0.25, -0.2) is 0 Å². The normalized spacial score (nSPS) is 31.2. The number of thioether (sulfide) groups is 1.